The molecule has 1 aliphatic carbocycles. The molecule has 0 aliphatic heterocycles. The zero-order valence-corrected chi connectivity index (χ0v) is 12.5. The molecule has 1 fully saturated rings. The first kappa shape index (κ1) is 15.5. The standard InChI is InChI=1S/C17H23NO3/c1-13-7-3-4-8-14(13)9-10-15(19)18-17(16(20)21)11-5-2-6-12-17/h3-4,7-8H,2,5-6,9-12H2,1H3,(H,18,19)(H,20,21). The van der Waals surface area contributed by atoms with E-state index in [0.29, 0.717) is 25.7 Å². The van der Waals surface area contributed by atoms with Gasteiger partial charge in [-0.25, -0.2) is 4.79 Å². The predicted molar refractivity (Wildman–Crippen MR) is 81.1 cm³/mol. The minimum absolute atomic E-state index is 0.164. The summed E-state index contributed by atoms with van der Waals surface area (Å²) in [4.78, 5) is 23.7. The number of amides is 1. The topological polar surface area (TPSA) is 66.4 Å². The Hall–Kier alpha value is -1.84. The molecule has 2 N–H and O–H groups in total. The Labute approximate surface area is 125 Å². The fourth-order valence-corrected chi connectivity index (χ4v) is 3.02. The van der Waals surface area contributed by atoms with Gasteiger partial charge in [-0.2, -0.15) is 0 Å². The fourth-order valence-electron chi connectivity index (χ4n) is 3.02. The highest BCUT2D eigenvalue weighted by Crippen LogP contribution is 2.28. The molecule has 2 rings (SSSR count). The third-order valence-corrected chi connectivity index (χ3v) is 4.38. The van der Waals surface area contributed by atoms with Crippen LogP contribution in [0.2, 0.25) is 0 Å². The van der Waals surface area contributed by atoms with Gasteiger partial charge < -0.3 is 10.4 Å². The second kappa shape index (κ2) is 6.74. The zero-order chi connectivity index (χ0) is 15.3. The van der Waals surface area contributed by atoms with Gasteiger partial charge in [-0.15, -0.1) is 0 Å². The summed E-state index contributed by atoms with van der Waals surface area (Å²) in [7, 11) is 0. The van der Waals surface area contributed by atoms with Gasteiger partial charge in [0.15, 0.2) is 0 Å². The van der Waals surface area contributed by atoms with E-state index in [1.807, 2.05) is 31.2 Å². The molecule has 1 aliphatic rings. The van der Waals surface area contributed by atoms with E-state index < -0.39 is 11.5 Å². The molecule has 4 nitrogen and oxygen atoms in total. The summed E-state index contributed by atoms with van der Waals surface area (Å²) in [5.74, 6) is -1.06. The van der Waals surface area contributed by atoms with Crippen molar-refractivity contribution in [2.24, 2.45) is 0 Å². The van der Waals surface area contributed by atoms with Gasteiger partial charge in [0, 0.05) is 6.42 Å². The van der Waals surface area contributed by atoms with Crippen molar-refractivity contribution in [1.82, 2.24) is 5.32 Å². The average Bonchev–Trinajstić information content (AvgIpc) is 2.47. The first-order valence-corrected chi connectivity index (χ1v) is 7.62. The molecule has 21 heavy (non-hydrogen) atoms. The number of carbonyl (C=O) groups excluding carboxylic acids is 1. The van der Waals surface area contributed by atoms with Crippen molar-refractivity contribution >= 4 is 11.9 Å². The summed E-state index contributed by atoms with van der Waals surface area (Å²) in [6, 6.07) is 7.96. The summed E-state index contributed by atoms with van der Waals surface area (Å²) in [6.45, 7) is 2.02. The quantitative estimate of drug-likeness (QED) is 0.876. The molecule has 1 aromatic rings. The normalized spacial score (nSPS) is 17.2. The van der Waals surface area contributed by atoms with Gasteiger partial charge in [0.2, 0.25) is 5.91 Å². The average molecular weight is 289 g/mol. The molecule has 0 spiro atoms. The van der Waals surface area contributed by atoms with Crippen molar-refractivity contribution in [3.63, 3.8) is 0 Å². The van der Waals surface area contributed by atoms with E-state index in [1.54, 1.807) is 0 Å². The Morgan fingerprint density at radius 1 is 1.19 bits per heavy atom. The molecule has 1 saturated carbocycles. The lowest BCUT2D eigenvalue weighted by molar-refractivity contribution is -0.149. The summed E-state index contributed by atoms with van der Waals surface area (Å²) in [6.07, 6.45) is 4.84. The highest BCUT2D eigenvalue weighted by molar-refractivity contribution is 5.87. The minimum atomic E-state index is -1.04. The van der Waals surface area contributed by atoms with Crippen molar-refractivity contribution in [1.29, 1.82) is 0 Å². The fraction of sp³-hybridized carbons (Fsp3) is 0.529. The molecule has 1 aromatic carbocycles. The Morgan fingerprint density at radius 2 is 1.86 bits per heavy atom. The number of carboxylic acid groups (broad SMARTS) is 1. The third kappa shape index (κ3) is 3.84. The van der Waals surface area contributed by atoms with Gasteiger partial charge in [0.1, 0.15) is 5.54 Å². The van der Waals surface area contributed by atoms with E-state index in [9.17, 15) is 14.7 Å². The summed E-state index contributed by atoms with van der Waals surface area (Å²) in [5.41, 5.74) is 1.26. The first-order valence-electron chi connectivity index (χ1n) is 7.62. The Kier molecular flexibility index (Phi) is 4.99. The van der Waals surface area contributed by atoms with Crippen LogP contribution in [-0.2, 0) is 16.0 Å². The molecular weight excluding hydrogens is 266 g/mol. The lowest BCUT2D eigenvalue weighted by Gasteiger charge is -2.34. The van der Waals surface area contributed by atoms with Crippen LogP contribution in [0.5, 0.6) is 0 Å². The summed E-state index contributed by atoms with van der Waals surface area (Å²) < 4.78 is 0. The molecular formula is C17H23NO3. The molecule has 0 heterocycles. The number of rotatable bonds is 5. The molecule has 0 bridgehead atoms. The van der Waals surface area contributed by atoms with E-state index in [-0.39, 0.29) is 5.91 Å². The number of benzene rings is 1. The van der Waals surface area contributed by atoms with Crippen LogP contribution in [-0.4, -0.2) is 22.5 Å². The number of carboxylic acids is 1. The van der Waals surface area contributed by atoms with E-state index in [1.165, 1.54) is 0 Å². The molecule has 0 radical (unpaired) electrons. The second-order valence-electron chi connectivity index (χ2n) is 5.92. The lowest BCUT2D eigenvalue weighted by atomic mass is 9.81. The van der Waals surface area contributed by atoms with E-state index >= 15 is 0 Å². The molecule has 1 amide bonds. The van der Waals surface area contributed by atoms with Gasteiger partial charge in [0.25, 0.3) is 0 Å². The number of hydrogen-bond donors (Lipinski definition) is 2. The van der Waals surface area contributed by atoms with Crippen LogP contribution in [0.4, 0.5) is 0 Å². The Bertz CT molecular complexity index is 519. The van der Waals surface area contributed by atoms with Crippen molar-refractivity contribution < 1.29 is 14.7 Å². The third-order valence-electron chi connectivity index (χ3n) is 4.38. The smallest absolute Gasteiger partial charge is 0.329 e. The van der Waals surface area contributed by atoms with Gasteiger partial charge in [-0.1, -0.05) is 43.5 Å². The monoisotopic (exact) mass is 289 g/mol. The SMILES string of the molecule is Cc1ccccc1CCC(=O)NC1(C(=O)O)CCCCC1. The molecule has 4 heteroatoms. The number of hydrogen-bond acceptors (Lipinski definition) is 2. The molecule has 0 aromatic heterocycles. The molecule has 0 saturated heterocycles. The highest BCUT2D eigenvalue weighted by Gasteiger charge is 2.40. The van der Waals surface area contributed by atoms with Crippen molar-refractivity contribution in [3.8, 4) is 0 Å². The first-order chi connectivity index (χ1) is 10.0. The molecule has 0 atom stereocenters. The van der Waals surface area contributed by atoms with E-state index in [2.05, 4.69) is 5.32 Å². The molecule has 0 unspecified atom stereocenters. The number of nitrogens with one attached hydrogen (secondary N) is 1. The highest BCUT2D eigenvalue weighted by atomic mass is 16.4. The molecule has 114 valence electrons. The lowest BCUT2D eigenvalue weighted by Crippen LogP contribution is -2.55. The van der Waals surface area contributed by atoms with Crippen LogP contribution in [0, 0.1) is 6.92 Å². The van der Waals surface area contributed by atoms with Gasteiger partial charge >= 0.3 is 5.97 Å². The van der Waals surface area contributed by atoms with Gasteiger partial charge in [0.05, 0.1) is 0 Å². The van der Waals surface area contributed by atoms with Gasteiger partial charge in [-0.05, 0) is 37.3 Å². The number of aryl methyl sites for hydroxylation is 2. The maximum Gasteiger partial charge on any atom is 0.329 e. The van der Waals surface area contributed by atoms with Crippen LogP contribution in [0.15, 0.2) is 24.3 Å². The van der Waals surface area contributed by atoms with Crippen LogP contribution >= 0.6 is 0 Å². The predicted octanol–water partition coefficient (Wildman–Crippen LogP) is 2.83. The number of carbonyl (C=O) groups is 2. The minimum Gasteiger partial charge on any atom is -0.480 e. The van der Waals surface area contributed by atoms with Crippen molar-refractivity contribution in [2.45, 2.75) is 57.4 Å². The van der Waals surface area contributed by atoms with Crippen LogP contribution in [0.25, 0.3) is 0 Å². The van der Waals surface area contributed by atoms with Crippen LogP contribution in [0.3, 0.4) is 0 Å². The Balaban J connectivity index is 1.94. The van der Waals surface area contributed by atoms with E-state index in [4.69, 9.17) is 0 Å². The van der Waals surface area contributed by atoms with E-state index in [0.717, 1.165) is 30.4 Å². The maximum atomic E-state index is 12.1. The summed E-state index contributed by atoms with van der Waals surface area (Å²) >= 11 is 0. The van der Waals surface area contributed by atoms with Crippen molar-refractivity contribution in [2.75, 3.05) is 0 Å². The van der Waals surface area contributed by atoms with Crippen LogP contribution in [0.1, 0.15) is 49.7 Å². The van der Waals surface area contributed by atoms with Gasteiger partial charge in [-0.3, -0.25) is 4.79 Å². The Morgan fingerprint density at radius 3 is 2.48 bits per heavy atom. The second-order valence-corrected chi connectivity index (χ2v) is 5.92. The largest absolute Gasteiger partial charge is 0.480 e. The summed E-state index contributed by atoms with van der Waals surface area (Å²) in [5, 5.41) is 12.2. The van der Waals surface area contributed by atoms with Crippen LogP contribution < -0.4 is 5.32 Å². The zero-order valence-electron chi connectivity index (χ0n) is 12.5. The maximum absolute atomic E-state index is 12.1. The van der Waals surface area contributed by atoms with Crippen molar-refractivity contribution in [3.05, 3.63) is 35.4 Å². The number of aliphatic carboxylic acids is 1.